The number of carboxylic acid groups (broad SMARTS) is 1. The highest BCUT2D eigenvalue weighted by Crippen LogP contribution is 2.34. The van der Waals surface area contributed by atoms with Crippen LogP contribution in [-0.2, 0) is 9.59 Å². The SMILES string of the molecule is CCCCC(C)CC(O)/C=C/[C@H]1C(O)CC(=O)[C@@H]1CCCC/C=C/C(=O)O. The number of rotatable bonds is 13. The van der Waals surface area contributed by atoms with Crippen molar-refractivity contribution in [1.82, 2.24) is 0 Å². The van der Waals surface area contributed by atoms with Crippen molar-refractivity contribution < 1.29 is 24.9 Å². The quantitative estimate of drug-likeness (QED) is 0.256. The van der Waals surface area contributed by atoms with Crippen molar-refractivity contribution in [2.45, 2.75) is 83.8 Å². The molecule has 0 radical (unpaired) electrons. The molecule has 154 valence electrons. The number of carbonyl (C=O) groups excluding carboxylic acids is 1. The largest absolute Gasteiger partial charge is 0.478 e. The zero-order chi connectivity index (χ0) is 20.2. The summed E-state index contributed by atoms with van der Waals surface area (Å²) in [6, 6.07) is 0. The summed E-state index contributed by atoms with van der Waals surface area (Å²) >= 11 is 0. The molecule has 0 saturated heterocycles. The number of aliphatic hydroxyl groups is 2. The first-order valence-electron chi connectivity index (χ1n) is 10.3. The molecule has 0 spiro atoms. The first-order valence-corrected chi connectivity index (χ1v) is 10.3. The lowest BCUT2D eigenvalue weighted by molar-refractivity contribution is -0.131. The molecule has 0 heterocycles. The van der Waals surface area contributed by atoms with E-state index in [9.17, 15) is 19.8 Å². The van der Waals surface area contributed by atoms with E-state index in [1.807, 2.05) is 6.08 Å². The molecule has 1 aliphatic rings. The number of hydrogen-bond donors (Lipinski definition) is 3. The van der Waals surface area contributed by atoms with Crippen molar-refractivity contribution in [3.63, 3.8) is 0 Å². The fourth-order valence-corrected chi connectivity index (χ4v) is 3.82. The van der Waals surface area contributed by atoms with E-state index >= 15 is 0 Å². The second-order valence-corrected chi connectivity index (χ2v) is 7.88. The zero-order valence-corrected chi connectivity index (χ0v) is 16.7. The van der Waals surface area contributed by atoms with Gasteiger partial charge in [0.15, 0.2) is 0 Å². The maximum absolute atomic E-state index is 12.2. The first kappa shape index (κ1) is 23.6. The van der Waals surface area contributed by atoms with Crippen LogP contribution in [0.25, 0.3) is 0 Å². The van der Waals surface area contributed by atoms with E-state index in [1.165, 1.54) is 0 Å². The number of aliphatic carboxylic acids is 1. The van der Waals surface area contributed by atoms with Crippen molar-refractivity contribution in [2.24, 2.45) is 17.8 Å². The van der Waals surface area contributed by atoms with E-state index in [1.54, 1.807) is 12.2 Å². The number of carboxylic acids is 1. The fraction of sp³-hybridized carbons (Fsp3) is 0.727. The van der Waals surface area contributed by atoms with E-state index in [0.717, 1.165) is 38.2 Å². The van der Waals surface area contributed by atoms with E-state index in [-0.39, 0.29) is 24.0 Å². The van der Waals surface area contributed by atoms with E-state index < -0.39 is 18.2 Å². The van der Waals surface area contributed by atoms with Gasteiger partial charge in [-0.3, -0.25) is 4.79 Å². The van der Waals surface area contributed by atoms with Crippen LogP contribution in [0.3, 0.4) is 0 Å². The van der Waals surface area contributed by atoms with Gasteiger partial charge in [-0.05, 0) is 31.6 Å². The molecular weight excluding hydrogens is 344 g/mol. The summed E-state index contributed by atoms with van der Waals surface area (Å²) in [5.41, 5.74) is 0. The standard InChI is InChI=1S/C22H36O5/c1-3-4-9-16(2)14-17(23)12-13-19-18(20(24)15-21(19)25)10-7-5-6-8-11-22(26)27/h8,11-13,16-19,21,23,25H,3-7,9-10,14-15H2,1-2H3,(H,26,27)/b11-8+,13-12+/t16?,17?,18-,19-,21?/m1/s1. The zero-order valence-electron chi connectivity index (χ0n) is 16.7. The lowest BCUT2D eigenvalue weighted by atomic mass is 9.88. The van der Waals surface area contributed by atoms with Crippen LogP contribution in [0.5, 0.6) is 0 Å². The fourth-order valence-electron chi connectivity index (χ4n) is 3.82. The number of hydrogen-bond acceptors (Lipinski definition) is 4. The van der Waals surface area contributed by atoms with Gasteiger partial charge in [-0.1, -0.05) is 57.8 Å². The third-order valence-corrected chi connectivity index (χ3v) is 5.38. The number of carbonyl (C=O) groups is 2. The van der Waals surface area contributed by atoms with Crippen LogP contribution in [0.4, 0.5) is 0 Å². The van der Waals surface area contributed by atoms with Crippen molar-refractivity contribution in [2.75, 3.05) is 0 Å². The third-order valence-electron chi connectivity index (χ3n) is 5.38. The van der Waals surface area contributed by atoms with Crippen LogP contribution in [0.15, 0.2) is 24.3 Å². The van der Waals surface area contributed by atoms with Crippen molar-refractivity contribution in [3.05, 3.63) is 24.3 Å². The normalized spacial score (nSPS) is 25.5. The Hall–Kier alpha value is -1.46. The molecule has 1 rings (SSSR count). The van der Waals surface area contributed by atoms with Crippen molar-refractivity contribution >= 4 is 11.8 Å². The van der Waals surface area contributed by atoms with E-state index in [0.29, 0.717) is 25.2 Å². The monoisotopic (exact) mass is 380 g/mol. The van der Waals surface area contributed by atoms with Gasteiger partial charge in [-0.2, -0.15) is 0 Å². The molecule has 0 bridgehead atoms. The first-order chi connectivity index (χ1) is 12.8. The number of Topliss-reactive ketones (excluding diaryl/α,β-unsaturated/α-hetero) is 1. The molecule has 1 saturated carbocycles. The van der Waals surface area contributed by atoms with Crippen molar-refractivity contribution in [3.8, 4) is 0 Å². The van der Waals surface area contributed by atoms with Gasteiger partial charge in [0.2, 0.25) is 0 Å². The van der Waals surface area contributed by atoms with Gasteiger partial charge in [-0.15, -0.1) is 0 Å². The molecule has 0 aromatic rings. The van der Waals surface area contributed by atoms with Gasteiger partial charge in [0.1, 0.15) is 5.78 Å². The van der Waals surface area contributed by atoms with Crippen LogP contribution in [0, 0.1) is 17.8 Å². The Morgan fingerprint density at radius 3 is 2.70 bits per heavy atom. The topological polar surface area (TPSA) is 94.8 Å². The molecule has 3 unspecified atom stereocenters. The predicted molar refractivity (Wildman–Crippen MR) is 106 cm³/mol. The second-order valence-electron chi connectivity index (χ2n) is 7.88. The summed E-state index contributed by atoms with van der Waals surface area (Å²) in [4.78, 5) is 22.6. The van der Waals surface area contributed by atoms with Crippen LogP contribution in [0.2, 0.25) is 0 Å². The van der Waals surface area contributed by atoms with E-state index in [2.05, 4.69) is 13.8 Å². The molecule has 0 aromatic carbocycles. The summed E-state index contributed by atoms with van der Waals surface area (Å²) in [5.74, 6) is -0.840. The van der Waals surface area contributed by atoms with Crippen LogP contribution < -0.4 is 0 Å². The predicted octanol–water partition coefficient (Wildman–Crippen LogP) is 3.89. The molecule has 5 heteroatoms. The Morgan fingerprint density at radius 2 is 2.04 bits per heavy atom. The molecule has 0 aromatic heterocycles. The Labute approximate surface area is 163 Å². The Balaban J connectivity index is 2.47. The number of unbranched alkanes of at least 4 members (excludes halogenated alkanes) is 3. The Kier molecular flexibility index (Phi) is 11.2. The summed E-state index contributed by atoms with van der Waals surface area (Å²) in [6.07, 6.45) is 12.4. The summed E-state index contributed by atoms with van der Waals surface area (Å²) in [5, 5.41) is 29.0. The summed E-state index contributed by atoms with van der Waals surface area (Å²) in [7, 11) is 0. The third kappa shape index (κ3) is 9.34. The number of aliphatic hydroxyl groups excluding tert-OH is 2. The van der Waals surface area contributed by atoms with Crippen LogP contribution in [-0.4, -0.2) is 39.3 Å². The Morgan fingerprint density at radius 1 is 1.30 bits per heavy atom. The molecule has 3 N–H and O–H groups in total. The molecular formula is C22H36O5. The van der Waals surface area contributed by atoms with Crippen LogP contribution >= 0.6 is 0 Å². The van der Waals surface area contributed by atoms with Gasteiger partial charge in [-0.25, -0.2) is 4.79 Å². The molecule has 0 aliphatic heterocycles. The minimum Gasteiger partial charge on any atom is -0.478 e. The average molecular weight is 381 g/mol. The van der Waals surface area contributed by atoms with Gasteiger partial charge < -0.3 is 15.3 Å². The van der Waals surface area contributed by atoms with Gasteiger partial charge in [0, 0.05) is 24.3 Å². The lowest BCUT2D eigenvalue weighted by Crippen LogP contribution is -2.19. The molecule has 0 amide bonds. The average Bonchev–Trinajstić information content (AvgIpc) is 2.87. The van der Waals surface area contributed by atoms with Crippen LogP contribution in [0.1, 0.15) is 71.6 Å². The minimum absolute atomic E-state index is 0.0871. The number of ketones is 1. The molecule has 5 nitrogen and oxygen atoms in total. The summed E-state index contributed by atoms with van der Waals surface area (Å²) in [6.45, 7) is 4.30. The second kappa shape index (κ2) is 12.8. The molecule has 5 atom stereocenters. The minimum atomic E-state index is -0.947. The number of allylic oxidation sites excluding steroid dienone is 1. The molecule has 1 aliphatic carbocycles. The molecule has 27 heavy (non-hydrogen) atoms. The van der Waals surface area contributed by atoms with Crippen molar-refractivity contribution in [1.29, 1.82) is 0 Å². The highest BCUT2D eigenvalue weighted by molar-refractivity contribution is 5.84. The maximum atomic E-state index is 12.2. The van der Waals surface area contributed by atoms with Gasteiger partial charge in [0.05, 0.1) is 12.2 Å². The van der Waals surface area contributed by atoms with Gasteiger partial charge in [0.25, 0.3) is 0 Å². The lowest BCUT2D eigenvalue weighted by Gasteiger charge is -2.18. The Bertz CT molecular complexity index is 511. The highest BCUT2D eigenvalue weighted by atomic mass is 16.4. The molecule has 1 fully saturated rings. The highest BCUT2D eigenvalue weighted by Gasteiger charge is 2.39. The summed E-state index contributed by atoms with van der Waals surface area (Å²) < 4.78 is 0. The van der Waals surface area contributed by atoms with E-state index in [4.69, 9.17) is 5.11 Å². The van der Waals surface area contributed by atoms with Gasteiger partial charge >= 0.3 is 5.97 Å². The maximum Gasteiger partial charge on any atom is 0.327 e. The smallest absolute Gasteiger partial charge is 0.327 e.